The molecule has 0 aliphatic rings. The van der Waals surface area contributed by atoms with E-state index in [0.717, 1.165) is 59.2 Å². The van der Waals surface area contributed by atoms with Crippen LogP contribution in [0.4, 0.5) is 0 Å². The quantitative estimate of drug-likeness (QED) is 0.112. The molecule has 5 nitrogen and oxygen atoms in total. The van der Waals surface area contributed by atoms with Gasteiger partial charge in [0.1, 0.15) is 5.65 Å². The molecule has 0 spiro atoms. The maximum Gasteiger partial charge on any atom is 0.162 e. The molecule has 3 heterocycles. The van der Waals surface area contributed by atoms with Gasteiger partial charge in [-0.2, -0.15) is 0 Å². The van der Waals surface area contributed by atoms with Crippen LogP contribution < -0.4 is 0 Å². The van der Waals surface area contributed by atoms with Crippen LogP contribution in [0, 0.1) is 52.5 Å². The molecule has 39 heavy (non-hydrogen) atoms. The number of carbonyl (C=O) groups excluding carboxylic acids is 1. The molecule has 0 saturated heterocycles. The van der Waals surface area contributed by atoms with Gasteiger partial charge in [-0.3, -0.25) is 4.79 Å². The number of imidazole rings is 1. The van der Waals surface area contributed by atoms with Gasteiger partial charge in [-0.1, -0.05) is 53.1 Å². The molecule has 0 unspecified atom stereocenters. The van der Waals surface area contributed by atoms with E-state index < -0.39 is 0 Å². The van der Waals surface area contributed by atoms with Crippen LogP contribution in [0.25, 0.3) is 27.9 Å². The van der Waals surface area contributed by atoms with Gasteiger partial charge in [0.05, 0.1) is 16.8 Å². The molecule has 0 amide bonds. The number of rotatable bonds is 8. The fourth-order valence-corrected chi connectivity index (χ4v) is 5.98. The summed E-state index contributed by atoms with van der Waals surface area (Å²) in [4.78, 5) is 22.6. The molecule has 0 fully saturated rings. The van der Waals surface area contributed by atoms with Crippen molar-refractivity contribution < 1.29 is 30.0 Å². The van der Waals surface area contributed by atoms with Crippen molar-refractivity contribution in [2.45, 2.75) is 88.0 Å². The third kappa shape index (κ3) is 7.25. The van der Waals surface area contributed by atoms with Gasteiger partial charge >= 0.3 is 0 Å². The smallest absolute Gasteiger partial charge is 0.162 e. The number of aliphatic hydroxyl groups excluding tert-OH is 1. The van der Waals surface area contributed by atoms with E-state index in [0.29, 0.717) is 0 Å². The van der Waals surface area contributed by atoms with E-state index in [1.54, 1.807) is 11.5 Å². The number of aryl methyl sites for hydroxylation is 5. The van der Waals surface area contributed by atoms with Gasteiger partial charge < -0.3 is 10.1 Å². The van der Waals surface area contributed by atoms with Crippen LogP contribution in [0.1, 0.15) is 80.5 Å². The van der Waals surface area contributed by atoms with Crippen LogP contribution in [-0.4, -0.2) is 24.6 Å². The van der Waals surface area contributed by atoms with Gasteiger partial charge in [-0.15, -0.1) is 34.9 Å². The van der Waals surface area contributed by atoms with Crippen molar-refractivity contribution >= 4 is 34.0 Å². The summed E-state index contributed by atoms with van der Waals surface area (Å²) in [5.41, 5.74) is 9.88. The van der Waals surface area contributed by atoms with Crippen molar-refractivity contribution in [3.8, 4) is 11.3 Å². The molecule has 213 valence electrons. The molecule has 0 aliphatic carbocycles. The molecule has 0 saturated carbocycles. The second-order valence-electron chi connectivity index (χ2n) is 10.2. The number of carbonyl (C=O) groups is 1. The van der Waals surface area contributed by atoms with Crippen molar-refractivity contribution in [2.24, 2.45) is 11.8 Å². The summed E-state index contributed by atoms with van der Waals surface area (Å²) in [6, 6.07) is 7.70. The van der Waals surface area contributed by atoms with Crippen LogP contribution >= 0.6 is 11.5 Å². The summed E-state index contributed by atoms with van der Waals surface area (Å²) in [5.74, 6) is 0.547. The Hall–Kier alpha value is -2.34. The summed E-state index contributed by atoms with van der Waals surface area (Å²) in [6.45, 7) is 18.6. The van der Waals surface area contributed by atoms with Gasteiger partial charge in [0, 0.05) is 60.3 Å². The number of aromatic nitrogens is 3. The van der Waals surface area contributed by atoms with Gasteiger partial charge in [0.2, 0.25) is 0 Å². The third-order valence-electron chi connectivity index (χ3n) is 7.40. The van der Waals surface area contributed by atoms with E-state index in [1.165, 1.54) is 27.6 Å². The number of aliphatic hydroxyl groups is 1. The monoisotopic (exact) mass is 725 g/mol. The molecule has 7 heteroatoms. The molecular weight excluding hydrogens is 683 g/mol. The number of ketones is 1. The minimum atomic E-state index is 0. The standard InChI is InChI=1S/C19H18N3S.C13H24O2.Ir/c1-10-6-11(2)8-15(7-10)16-17-18(12(3)9-20-16)22-19(21-17)13(4)14(5)23-22;1-5-10(6-2)12(14)9-13(15)11(7-3)8-4;/h6-7,9H,1-5H3;9-11,14H,5-8H2,1-4H3;/q-1;;/b;12-9-;. The summed E-state index contributed by atoms with van der Waals surface area (Å²) in [5, 5.41) is 9.76. The molecule has 0 atom stereocenters. The zero-order valence-electron chi connectivity index (χ0n) is 24.7. The minimum absolute atomic E-state index is 0. The third-order valence-corrected chi connectivity index (χ3v) is 8.52. The first kappa shape index (κ1) is 32.9. The Balaban J connectivity index is 0.000000294. The average molecular weight is 725 g/mol. The van der Waals surface area contributed by atoms with Gasteiger partial charge in [-0.05, 0) is 52.0 Å². The first-order valence-corrected chi connectivity index (χ1v) is 14.5. The van der Waals surface area contributed by atoms with Crippen molar-refractivity contribution in [1.82, 2.24) is 13.8 Å². The van der Waals surface area contributed by atoms with E-state index in [1.807, 2.05) is 33.9 Å². The van der Waals surface area contributed by atoms with Crippen molar-refractivity contribution in [3.63, 3.8) is 0 Å². The Labute approximate surface area is 251 Å². The largest absolute Gasteiger partial charge is 0.512 e. The number of benzene rings is 1. The molecular formula is C32H42IrN3O2S-. The van der Waals surface area contributed by atoms with Crippen molar-refractivity contribution in [2.75, 3.05) is 0 Å². The maximum absolute atomic E-state index is 11.7. The summed E-state index contributed by atoms with van der Waals surface area (Å²) in [7, 11) is 0. The zero-order valence-corrected chi connectivity index (χ0v) is 27.9. The van der Waals surface area contributed by atoms with Gasteiger partial charge in [0.15, 0.2) is 5.78 Å². The number of hydrogen-bond donors (Lipinski definition) is 1. The first-order valence-electron chi connectivity index (χ1n) is 13.8. The molecule has 0 bridgehead atoms. The maximum atomic E-state index is 11.7. The Morgan fingerprint density at radius 2 is 1.64 bits per heavy atom. The first-order chi connectivity index (χ1) is 18.1. The SMILES string of the molecule is CCC(CC)C(=O)/C=C(\O)C(CC)CC.Cc1[c-]c(-c2ncc(C)c3c2nc2c(C)c(C)sn23)cc(C)c1.[Ir]. The summed E-state index contributed by atoms with van der Waals surface area (Å²) < 4.78 is 2.24. The van der Waals surface area contributed by atoms with E-state index in [9.17, 15) is 9.90 Å². The topological polar surface area (TPSA) is 67.5 Å². The number of allylic oxidation sites excluding steroid dienone is 2. The van der Waals surface area contributed by atoms with Crippen LogP contribution in [0.15, 0.2) is 30.2 Å². The summed E-state index contributed by atoms with van der Waals surface area (Å²) in [6.07, 6.45) is 6.85. The van der Waals surface area contributed by atoms with Gasteiger partial charge in [-0.25, -0.2) is 8.77 Å². The summed E-state index contributed by atoms with van der Waals surface area (Å²) >= 11 is 1.76. The normalized spacial score (nSPS) is 11.7. The van der Waals surface area contributed by atoms with Crippen LogP contribution in [0.3, 0.4) is 0 Å². The van der Waals surface area contributed by atoms with Gasteiger partial charge in [0.25, 0.3) is 0 Å². The average Bonchev–Trinajstić information content (AvgIpc) is 3.37. The Kier molecular flexibility index (Phi) is 12.1. The van der Waals surface area contributed by atoms with E-state index in [4.69, 9.17) is 4.98 Å². The Morgan fingerprint density at radius 3 is 2.21 bits per heavy atom. The number of nitrogens with zero attached hydrogens (tertiary/aromatic N) is 3. The van der Waals surface area contributed by atoms with Crippen LogP contribution in [0.2, 0.25) is 0 Å². The Bertz CT molecular complexity index is 1440. The fraction of sp³-hybridized carbons (Fsp3) is 0.469. The van der Waals surface area contributed by atoms with E-state index in [2.05, 4.69) is 61.6 Å². The van der Waals surface area contributed by atoms with Crippen LogP contribution in [-0.2, 0) is 24.9 Å². The molecule has 3 aromatic heterocycles. The number of hydrogen-bond acceptors (Lipinski definition) is 5. The molecule has 1 radical (unpaired) electrons. The Morgan fingerprint density at radius 1 is 1.03 bits per heavy atom. The minimum Gasteiger partial charge on any atom is -0.512 e. The molecule has 1 N–H and O–H groups in total. The predicted octanol–water partition coefficient (Wildman–Crippen LogP) is 8.82. The van der Waals surface area contributed by atoms with Crippen LogP contribution in [0.5, 0.6) is 0 Å². The number of pyridine rings is 1. The second-order valence-corrected chi connectivity index (χ2v) is 11.4. The predicted molar refractivity (Wildman–Crippen MR) is 160 cm³/mol. The molecule has 4 aromatic rings. The molecule has 0 aliphatic heterocycles. The van der Waals surface area contributed by atoms with Crippen molar-refractivity contribution in [1.29, 1.82) is 0 Å². The van der Waals surface area contributed by atoms with Crippen molar-refractivity contribution in [3.05, 3.63) is 63.4 Å². The molecule has 1 aromatic carbocycles. The number of fused-ring (bicyclic) bond motifs is 3. The second kappa shape index (κ2) is 14.3. The van der Waals surface area contributed by atoms with E-state index >= 15 is 0 Å². The van der Waals surface area contributed by atoms with E-state index in [-0.39, 0.29) is 43.5 Å². The molecule has 4 rings (SSSR count). The fourth-order valence-electron chi connectivity index (χ4n) is 4.89. The zero-order chi connectivity index (χ0) is 28.1.